The Bertz CT molecular complexity index is 985. The Labute approximate surface area is 207 Å². The number of carboxylic acid groups (broad SMARTS) is 2. The number of hydrogen-bond donors (Lipinski definition) is 3. The van der Waals surface area contributed by atoms with E-state index in [9.17, 15) is 9.90 Å². The van der Waals surface area contributed by atoms with E-state index < -0.39 is 11.9 Å². The van der Waals surface area contributed by atoms with Crippen LogP contribution < -0.4 is 14.2 Å². The van der Waals surface area contributed by atoms with Crippen molar-refractivity contribution in [2.45, 2.75) is 6.54 Å². The summed E-state index contributed by atoms with van der Waals surface area (Å²) in [5.41, 5.74) is 0.974. The molecule has 0 radical (unpaired) electrons. The van der Waals surface area contributed by atoms with Gasteiger partial charge in [-0.3, -0.25) is 9.69 Å². The number of aromatic hydroxyl groups is 1. The van der Waals surface area contributed by atoms with Crippen molar-refractivity contribution in [1.82, 2.24) is 9.80 Å². The number of carboxylic acids is 2. The predicted octanol–water partition coefficient (Wildman–Crippen LogP) is 1.94. The SMILES string of the molecule is COc1cc(CN2CCN(C(=O)COc3ccc(Cl)cc3)CC2)cc(OC)c1O.O=C(O)C(=O)O. The highest BCUT2D eigenvalue weighted by Gasteiger charge is 2.22. The lowest BCUT2D eigenvalue weighted by Gasteiger charge is -2.34. The van der Waals surface area contributed by atoms with Crippen LogP contribution in [-0.4, -0.2) is 90.0 Å². The van der Waals surface area contributed by atoms with Gasteiger partial charge in [0.15, 0.2) is 18.1 Å². The van der Waals surface area contributed by atoms with Crippen LogP contribution in [0.4, 0.5) is 0 Å². The number of aliphatic carboxylic acids is 2. The monoisotopic (exact) mass is 510 g/mol. The molecule has 190 valence electrons. The Morgan fingerprint density at radius 1 is 0.914 bits per heavy atom. The van der Waals surface area contributed by atoms with Crippen LogP contribution in [0, 0.1) is 0 Å². The van der Waals surface area contributed by atoms with Crippen LogP contribution in [0.5, 0.6) is 23.0 Å². The van der Waals surface area contributed by atoms with E-state index in [2.05, 4.69) is 4.90 Å². The summed E-state index contributed by atoms with van der Waals surface area (Å²) < 4.78 is 16.0. The highest BCUT2D eigenvalue weighted by atomic mass is 35.5. The fourth-order valence-corrected chi connectivity index (χ4v) is 3.35. The molecule has 0 aromatic heterocycles. The number of phenolic OH excluding ortho intramolecular Hbond substituents is 1. The molecule has 1 aliphatic heterocycles. The molecular formula is C23H27ClN2O9. The first-order chi connectivity index (χ1) is 16.6. The molecule has 35 heavy (non-hydrogen) atoms. The summed E-state index contributed by atoms with van der Waals surface area (Å²) in [7, 11) is 3.02. The zero-order valence-corrected chi connectivity index (χ0v) is 20.0. The number of ether oxygens (including phenoxy) is 3. The van der Waals surface area contributed by atoms with Crippen LogP contribution in [0.25, 0.3) is 0 Å². The van der Waals surface area contributed by atoms with Crippen molar-refractivity contribution in [3.63, 3.8) is 0 Å². The lowest BCUT2D eigenvalue weighted by molar-refractivity contribution is -0.159. The number of methoxy groups -OCH3 is 2. The number of rotatable bonds is 7. The molecule has 1 heterocycles. The van der Waals surface area contributed by atoms with Gasteiger partial charge in [0.05, 0.1) is 14.2 Å². The maximum Gasteiger partial charge on any atom is 0.414 e. The molecule has 0 bridgehead atoms. The topological polar surface area (TPSA) is 146 Å². The second kappa shape index (κ2) is 13.3. The fourth-order valence-electron chi connectivity index (χ4n) is 3.22. The summed E-state index contributed by atoms with van der Waals surface area (Å²) >= 11 is 5.85. The minimum Gasteiger partial charge on any atom is -0.502 e. The van der Waals surface area contributed by atoms with E-state index in [1.807, 2.05) is 4.90 Å². The molecule has 1 amide bonds. The molecule has 1 saturated heterocycles. The van der Waals surface area contributed by atoms with Gasteiger partial charge in [-0.05, 0) is 42.0 Å². The summed E-state index contributed by atoms with van der Waals surface area (Å²) in [6, 6.07) is 10.5. The minimum atomic E-state index is -1.82. The number of carbonyl (C=O) groups is 3. The number of nitrogens with zero attached hydrogens (tertiary/aromatic N) is 2. The lowest BCUT2D eigenvalue weighted by Crippen LogP contribution is -2.49. The van der Waals surface area contributed by atoms with Gasteiger partial charge in [0, 0.05) is 37.7 Å². The first-order valence-electron chi connectivity index (χ1n) is 10.4. The Morgan fingerprint density at radius 2 is 1.43 bits per heavy atom. The van der Waals surface area contributed by atoms with Crippen molar-refractivity contribution in [2.24, 2.45) is 0 Å². The maximum absolute atomic E-state index is 12.4. The Balaban J connectivity index is 0.000000641. The molecule has 11 nitrogen and oxygen atoms in total. The number of phenols is 1. The number of carbonyl (C=O) groups excluding carboxylic acids is 1. The van der Waals surface area contributed by atoms with Crippen LogP contribution >= 0.6 is 11.6 Å². The van der Waals surface area contributed by atoms with Crippen LogP contribution in [0.2, 0.25) is 5.02 Å². The summed E-state index contributed by atoms with van der Waals surface area (Å²) in [6.07, 6.45) is 0. The molecule has 2 aromatic carbocycles. The summed E-state index contributed by atoms with van der Waals surface area (Å²) in [5.74, 6) is -2.30. The highest BCUT2D eigenvalue weighted by Crippen LogP contribution is 2.37. The van der Waals surface area contributed by atoms with Gasteiger partial charge in [-0.15, -0.1) is 0 Å². The van der Waals surface area contributed by atoms with Crippen molar-refractivity contribution in [2.75, 3.05) is 47.0 Å². The number of halogens is 1. The molecule has 1 aliphatic rings. The molecule has 0 atom stereocenters. The van der Waals surface area contributed by atoms with Crippen molar-refractivity contribution in [3.8, 4) is 23.0 Å². The van der Waals surface area contributed by atoms with Gasteiger partial charge in [0.2, 0.25) is 5.75 Å². The van der Waals surface area contributed by atoms with E-state index in [4.69, 9.17) is 45.6 Å². The molecule has 0 aliphatic carbocycles. The van der Waals surface area contributed by atoms with Gasteiger partial charge in [0.25, 0.3) is 5.91 Å². The van der Waals surface area contributed by atoms with E-state index in [0.717, 1.165) is 18.7 Å². The maximum atomic E-state index is 12.4. The molecule has 2 aromatic rings. The quantitative estimate of drug-likeness (QED) is 0.472. The second-order valence-electron chi connectivity index (χ2n) is 7.36. The van der Waals surface area contributed by atoms with Crippen molar-refractivity contribution in [1.29, 1.82) is 0 Å². The molecule has 3 rings (SSSR count). The second-order valence-corrected chi connectivity index (χ2v) is 7.80. The van der Waals surface area contributed by atoms with Crippen molar-refractivity contribution in [3.05, 3.63) is 47.0 Å². The summed E-state index contributed by atoms with van der Waals surface area (Å²) in [6.45, 7) is 3.45. The van der Waals surface area contributed by atoms with Crippen LogP contribution in [0.15, 0.2) is 36.4 Å². The number of benzene rings is 2. The number of amides is 1. The van der Waals surface area contributed by atoms with E-state index in [1.54, 1.807) is 36.4 Å². The summed E-state index contributed by atoms with van der Waals surface area (Å²) in [5, 5.41) is 25.4. The first-order valence-corrected chi connectivity index (χ1v) is 10.8. The van der Waals surface area contributed by atoms with Crippen LogP contribution in [-0.2, 0) is 20.9 Å². The average molecular weight is 511 g/mol. The van der Waals surface area contributed by atoms with Crippen molar-refractivity contribution >= 4 is 29.4 Å². The van der Waals surface area contributed by atoms with Crippen LogP contribution in [0.1, 0.15) is 5.56 Å². The van der Waals surface area contributed by atoms with E-state index in [-0.39, 0.29) is 18.3 Å². The molecule has 0 saturated carbocycles. The van der Waals surface area contributed by atoms with Gasteiger partial charge in [0.1, 0.15) is 5.75 Å². The van der Waals surface area contributed by atoms with Gasteiger partial charge in [-0.2, -0.15) is 0 Å². The Morgan fingerprint density at radius 3 is 1.89 bits per heavy atom. The van der Waals surface area contributed by atoms with Gasteiger partial charge >= 0.3 is 11.9 Å². The zero-order chi connectivity index (χ0) is 26.0. The van der Waals surface area contributed by atoms with Gasteiger partial charge in [-0.25, -0.2) is 9.59 Å². The molecule has 12 heteroatoms. The first kappa shape index (κ1) is 27.5. The van der Waals surface area contributed by atoms with E-state index in [1.165, 1.54) is 14.2 Å². The molecule has 3 N–H and O–H groups in total. The van der Waals surface area contributed by atoms with Crippen LogP contribution in [0.3, 0.4) is 0 Å². The smallest absolute Gasteiger partial charge is 0.414 e. The summed E-state index contributed by atoms with van der Waals surface area (Å²) in [4.78, 5) is 34.7. The van der Waals surface area contributed by atoms with Crippen molar-refractivity contribution < 1.29 is 43.9 Å². The van der Waals surface area contributed by atoms with E-state index in [0.29, 0.717) is 41.9 Å². The van der Waals surface area contributed by atoms with E-state index >= 15 is 0 Å². The fraction of sp³-hybridized carbons (Fsp3) is 0.348. The third-order valence-corrected chi connectivity index (χ3v) is 5.28. The Kier molecular flexibility index (Phi) is 10.4. The molecule has 1 fully saturated rings. The normalized spacial score (nSPS) is 13.3. The molecular weight excluding hydrogens is 484 g/mol. The number of hydrogen-bond acceptors (Lipinski definition) is 8. The zero-order valence-electron chi connectivity index (χ0n) is 19.3. The molecule has 0 spiro atoms. The third kappa shape index (κ3) is 8.54. The van der Waals surface area contributed by atoms with Gasteiger partial charge in [-0.1, -0.05) is 11.6 Å². The predicted molar refractivity (Wildman–Crippen MR) is 125 cm³/mol. The standard InChI is InChI=1S/C21H25ClN2O5.C2H2O4/c1-27-18-11-15(12-19(28-2)21(18)26)13-23-7-9-24(10-8-23)20(25)14-29-17-5-3-16(22)4-6-17;3-1(4)2(5)6/h3-6,11-12,26H,7-10,13-14H2,1-2H3;(H,3,4)(H,5,6). The Hall–Kier alpha value is -3.70. The number of piperazine rings is 1. The average Bonchev–Trinajstić information content (AvgIpc) is 2.85. The third-order valence-electron chi connectivity index (χ3n) is 5.03. The molecule has 0 unspecified atom stereocenters. The largest absolute Gasteiger partial charge is 0.502 e. The highest BCUT2D eigenvalue weighted by molar-refractivity contribution is 6.30. The lowest BCUT2D eigenvalue weighted by atomic mass is 10.1. The minimum absolute atomic E-state index is 0.00477. The van der Waals surface area contributed by atoms with Gasteiger partial charge < -0.3 is 34.4 Å².